The Balaban J connectivity index is 2.85. The van der Waals surface area contributed by atoms with Crippen molar-refractivity contribution in [2.45, 2.75) is 38.7 Å². The summed E-state index contributed by atoms with van der Waals surface area (Å²) in [6, 6.07) is 0. The number of hydrogen-bond acceptors (Lipinski definition) is 5. The lowest BCUT2D eigenvalue weighted by Crippen LogP contribution is -2.22. The zero-order valence-electron chi connectivity index (χ0n) is 9.49. The first-order valence-electron chi connectivity index (χ1n) is 5.19. The number of carbonyl (C=O) groups is 2. The topological polar surface area (TPSA) is 72.8 Å². The van der Waals surface area contributed by atoms with E-state index in [-0.39, 0.29) is 6.42 Å². The van der Waals surface area contributed by atoms with Gasteiger partial charge in [0.25, 0.3) is 0 Å². The number of aliphatic hydroxyl groups is 1. The van der Waals surface area contributed by atoms with E-state index >= 15 is 0 Å². The zero-order valence-corrected chi connectivity index (χ0v) is 9.49. The number of allylic oxidation sites excluding steroid dienone is 1. The van der Waals surface area contributed by atoms with Crippen LogP contribution in [0.15, 0.2) is 11.3 Å². The number of methoxy groups -OCH3 is 1. The van der Waals surface area contributed by atoms with Crippen LogP contribution in [0.3, 0.4) is 0 Å². The van der Waals surface area contributed by atoms with Crippen LogP contribution in [0.2, 0.25) is 0 Å². The molecule has 0 saturated carbocycles. The Hall–Kier alpha value is -1.36. The molecular weight excluding hydrogens is 212 g/mol. The summed E-state index contributed by atoms with van der Waals surface area (Å²) < 4.78 is 9.52. The van der Waals surface area contributed by atoms with E-state index in [1.165, 1.54) is 14.0 Å². The summed E-state index contributed by atoms with van der Waals surface area (Å²) in [5, 5.41) is 9.74. The zero-order chi connectivity index (χ0) is 12.1. The highest BCUT2D eigenvalue weighted by Gasteiger charge is 2.25. The number of esters is 2. The third-order valence-electron chi connectivity index (χ3n) is 2.47. The third-order valence-corrected chi connectivity index (χ3v) is 2.47. The molecule has 0 aromatic carbocycles. The first kappa shape index (κ1) is 12.7. The van der Waals surface area contributed by atoms with E-state index < -0.39 is 18.0 Å². The maximum atomic E-state index is 11.1. The Bertz CT molecular complexity index is 318. The van der Waals surface area contributed by atoms with Crippen molar-refractivity contribution < 1.29 is 24.2 Å². The molecule has 0 spiro atoms. The van der Waals surface area contributed by atoms with Gasteiger partial charge in [0.2, 0.25) is 0 Å². The van der Waals surface area contributed by atoms with Gasteiger partial charge < -0.3 is 14.6 Å². The van der Waals surface area contributed by atoms with Crippen molar-refractivity contribution in [1.29, 1.82) is 0 Å². The van der Waals surface area contributed by atoms with E-state index in [1.54, 1.807) is 0 Å². The Morgan fingerprint density at radius 1 is 1.50 bits per heavy atom. The van der Waals surface area contributed by atoms with Crippen LogP contribution in [0.4, 0.5) is 0 Å². The molecule has 1 N–H and O–H groups in total. The highest BCUT2D eigenvalue weighted by atomic mass is 16.5. The predicted molar refractivity (Wildman–Crippen MR) is 55.3 cm³/mol. The third kappa shape index (κ3) is 3.34. The van der Waals surface area contributed by atoms with Crippen molar-refractivity contribution >= 4 is 11.9 Å². The van der Waals surface area contributed by atoms with Crippen LogP contribution in [0.1, 0.15) is 32.6 Å². The Morgan fingerprint density at radius 2 is 2.19 bits per heavy atom. The number of hydrogen-bond donors (Lipinski definition) is 1. The van der Waals surface area contributed by atoms with Crippen LogP contribution < -0.4 is 0 Å². The number of aliphatic hydroxyl groups excluding tert-OH is 1. The summed E-state index contributed by atoms with van der Waals surface area (Å²) in [5.74, 6) is -0.469. The van der Waals surface area contributed by atoms with Crippen LogP contribution in [0, 0.1) is 0 Å². The SMILES string of the molecule is COC(=O)CC1=C(OC(C)=O)CCC[C@H]1O. The van der Waals surface area contributed by atoms with E-state index in [2.05, 4.69) is 4.74 Å². The van der Waals surface area contributed by atoms with E-state index in [9.17, 15) is 14.7 Å². The predicted octanol–water partition coefficient (Wildman–Crippen LogP) is 0.911. The standard InChI is InChI=1S/C11H16O5/c1-7(12)16-10-5-3-4-9(13)8(10)6-11(14)15-2/h9,13H,3-6H2,1-2H3/t9-/m1/s1. The molecule has 5 nitrogen and oxygen atoms in total. The van der Waals surface area contributed by atoms with Crippen LogP contribution in [-0.4, -0.2) is 30.3 Å². The molecule has 0 radical (unpaired) electrons. The summed E-state index contributed by atoms with van der Waals surface area (Å²) >= 11 is 0. The molecule has 0 aromatic heterocycles. The fraction of sp³-hybridized carbons (Fsp3) is 0.636. The molecule has 1 rings (SSSR count). The maximum Gasteiger partial charge on any atom is 0.309 e. The fourth-order valence-corrected chi connectivity index (χ4v) is 1.71. The summed E-state index contributed by atoms with van der Waals surface area (Å²) in [6.07, 6.45) is 1.15. The Kier molecular flexibility index (Phi) is 4.49. The van der Waals surface area contributed by atoms with Crippen LogP contribution in [-0.2, 0) is 19.1 Å². The van der Waals surface area contributed by atoms with Gasteiger partial charge in [-0.05, 0) is 12.8 Å². The molecule has 1 aliphatic rings. The lowest BCUT2D eigenvalue weighted by atomic mass is 9.92. The smallest absolute Gasteiger partial charge is 0.309 e. The molecule has 0 aliphatic heterocycles. The highest BCUT2D eigenvalue weighted by molar-refractivity contribution is 5.73. The number of ether oxygens (including phenoxy) is 2. The normalized spacial score (nSPS) is 20.6. The van der Waals surface area contributed by atoms with Gasteiger partial charge in [-0.15, -0.1) is 0 Å². The van der Waals surface area contributed by atoms with Crippen molar-refractivity contribution in [3.05, 3.63) is 11.3 Å². The van der Waals surface area contributed by atoms with Gasteiger partial charge in [0.15, 0.2) is 0 Å². The number of rotatable bonds is 3. The van der Waals surface area contributed by atoms with E-state index in [4.69, 9.17) is 4.74 Å². The molecule has 0 fully saturated rings. The molecule has 1 atom stereocenters. The minimum Gasteiger partial charge on any atom is -0.469 e. The monoisotopic (exact) mass is 228 g/mol. The lowest BCUT2D eigenvalue weighted by molar-refractivity contribution is -0.141. The molecule has 0 amide bonds. The average Bonchev–Trinajstić information content (AvgIpc) is 2.22. The van der Waals surface area contributed by atoms with Crippen molar-refractivity contribution in [1.82, 2.24) is 0 Å². The second-order valence-electron chi connectivity index (χ2n) is 3.70. The molecule has 0 bridgehead atoms. The average molecular weight is 228 g/mol. The first-order valence-corrected chi connectivity index (χ1v) is 5.19. The molecule has 90 valence electrons. The maximum absolute atomic E-state index is 11.1. The van der Waals surface area contributed by atoms with Crippen molar-refractivity contribution in [3.8, 4) is 0 Å². The second kappa shape index (κ2) is 5.65. The minimum absolute atomic E-state index is 0.0275. The van der Waals surface area contributed by atoms with Gasteiger partial charge in [-0.2, -0.15) is 0 Å². The van der Waals surface area contributed by atoms with Crippen molar-refractivity contribution in [3.63, 3.8) is 0 Å². The molecular formula is C11H16O5. The molecule has 0 aromatic rings. The quantitative estimate of drug-likeness (QED) is 0.727. The van der Waals surface area contributed by atoms with Crippen LogP contribution >= 0.6 is 0 Å². The van der Waals surface area contributed by atoms with Gasteiger partial charge >= 0.3 is 11.9 Å². The van der Waals surface area contributed by atoms with Crippen molar-refractivity contribution in [2.24, 2.45) is 0 Å². The summed E-state index contributed by atoms with van der Waals surface area (Å²) in [5.41, 5.74) is 0.466. The molecule has 5 heteroatoms. The lowest BCUT2D eigenvalue weighted by Gasteiger charge is -2.23. The van der Waals surface area contributed by atoms with Gasteiger partial charge in [-0.3, -0.25) is 9.59 Å². The molecule has 0 heterocycles. The molecule has 1 aliphatic carbocycles. The van der Waals surface area contributed by atoms with Gasteiger partial charge in [0.05, 0.1) is 19.6 Å². The molecule has 16 heavy (non-hydrogen) atoms. The van der Waals surface area contributed by atoms with Crippen molar-refractivity contribution in [2.75, 3.05) is 7.11 Å². The van der Waals surface area contributed by atoms with Gasteiger partial charge in [-0.1, -0.05) is 0 Å². The van der Waals surface area contributed by atoms with Crippen LogP contribution in [0.25, 0.3) is 0 Å². The summed E-state index contributed by atoms with van der Waals surface area (Å²) in [4.78, 5) is 22.0. The second-order valence-corrected chi connectivity index (χ2v) is 3.70. The first-order chi connectivity index (χ1) is 7.54. The molecule has 0 saturated heterocycles. The van der Waals surface area contributed by atoms with E-state index in [0.29, 0.717) is 24.2 Å². The minimum atomic E-state index is -0.720. The Morgan fingerprint density at radius 3 is 2.75 bits per heavy atom. The highest BCUT2D eigenvalue weighted by Crippen LogP contribution is 2.28. The van der Waals surface area contributed by atoms with E-state index in [1.807, 2.05) is 0 Å². The Labute approximate surface area is 94.0 Å². The van der Waals surface area contributed by atoms with Gasteiger partial charge in [0.1, 0.15) is 5.76 Å². The largest absolute Gasteiger partial charge is 0.469 e. The molecule has 0 unspecified atom stereocenters. The fourth-order valence-electron chi connectivity index (χ4n) is 1.71. The van der Waals surface area contributed by atoms with Gasteiger partial charge in [0, 0.05) is 18.9 Å². The van der Waals surface area contributed by atoms with Gasteiger partial charge in [-0.25, -0.2) is 0 Å². The summed E-state index contributed by atoms with van der Waals surface area (Å²) in [7, 11) is 1.28. The number of carbonyl (C=O) groups excluding carboxylic acids is 2. The van der Waals surface area contributed by atoms with E-state index in [0.717, 1.165) is 6.42 Å². The van der Waals surface area contributed by atoms with Crippen LogP contribution in [0.5, 0.6) is 0 Å². The summed E-state index contributed by atoms with van der Waals surface area (Å²) in [6.45, 7) is 1.30.